The number of nitrogens with zero attached hydrogens (tertiary/aromatic N) is 2. The molecule has 4 rings (SSSR count). The minimum atomic E-state index is -0.371. The molecular weight excluding hydrogens is 466 g/mol. The van der Waals surface area contributed by atoms with E-state index in [-0.39, 0.29) is 24.6 Å². The van der Waals surface area contributed by atoms with Gasteiger partial charge in [0.15, 0.2) is 0 Å². The zero-order valence-electron chi connectivity index (χ0n) is 19.8. The number of anilines is 1. The first kappa shape index (κ1) is 24.8. The van der Waals surface area contributed by atoms with Gasteiger partial charge in [-0.05, 0) is 55.7 Å². The number of urea groups is 1. The molecule has 0 spiro atoms. The first-order valence-electron chi connectivity index (χ1n) is 11.8. The van der Waals surface area contributed by atoms with Gasteiger partial charge in [-0.1, -0.05) is 48.0 Å². The standard InChI is InChI=1S/C27H30ClN3O4/c1-20-12-13-25(35-20)18-30(16-21-7-3-2-4-8-21)26(32)19-31(17-24-11-6-14-34-24)27(33)29-23-10-5-9-22(28)15-23/h2-5,7-10,12-13,15,24H,6,11,14,16-19H2,1H3,(H,29,33). The molecule has 1 unspecified atom stereocenters. The highest BCUT2D eigenvalue weighted by Crippen LogP contribution is 2.19. The molecule has 1 N–H and O–H groups in total. The SMILES string of the molecule is Cc1ccc(CN(Cc2ccccc2)C(=O)CN(CC2CCCO2)C(=O)Nc2cccc(Cl)c2)o1. The molecule has 3 amide bonds. The van der Waals surface area contributed by atoms with Crippen molar-refractivity contribution in [2.75, 3.05) is 25.0 Å². The molecule has 8 heteroatoms. The van der Waals surface area contributed by atoms with Crippen molar-refractivity contribution in [2.45, 2.75) is 39.0 Å². The number of hydrogen-bond donors (Lipinski definition) is 1. The number of hydrogen-bond acceptors (Lipinski definition) is 4. The molecule has 1 atom stereocenters. The number of furan rings is 1. The fraction of sp³-hybridized carbons (Fsp3) is 0.333. The largest absolute Gasteiger partial charge is 0.464 e. The van der Waals surface area contributed by atoms with Crippen LogP contribution in [0.25, 0.3) is 0 Å². The van der Waals surface area contributed by atoms with Gasteiger partial charge in [-0.3, -0.25) is 4.79 Å². The fourth-order valence-corrected chi connectivity index (χ4v) is 4.27. The van der Waals surface area contributed by atoms with Gasteiger partial charge in [0, 0.05) is 30.4 Å². The number of carbonyl (C=O) groups is 2. The van der Waals surface area contributed by atoms with E-state index < -0.39 is 0 Å². The predicted molar refractivity (Wildman–Crippen MR) is 135 cm³/mol. The second-order valence-corrected chi connectivity index (χ2v) is 9.14. The number of carbonyl (C=O) groups excluding carboxylic acids is 2. The van der Waals surface area contributed by atoms with E-state index in [9.17, 15) is 9.59 Å². The van der Waals surface area contributed by atoms with Gasteiger partial charge >= 0.3 is 6.03 Å². The van der Waals surface area contributed by atoms with Crippen LogP contribution in [0.5, 0.6) is 0 Å². The smallest absolute Gasteiger partial charge is 0.322 e. The molecule has 184 valence electrons. The second kappa shape index (κ2) is 11.9. The van der Waals surface area contributed by atoms with Gasteiger partial charge in [-0.25, -0.2) is 4.79 Å². The van der Waals surface area contributed by atoms with Crippen LogP contribution in [0.15, 0.2) is 71.1 Å². The van der Waals surface area contributed by atoms with Crippen LogP contribution >= 0.6 is 11.6 Å². The summed E-state index contributed by atoms with van der Waals surface area (Å²) in [5.74, 6) is 1.30. The quantitative estimate of drug-likeness (QED) is 0.426. The van der Waals surface area contributed by atoms with Crippen LogP contribution in [0.3, 0.4) is 0 Å². The van der Waals surface area contributed by atoms with E-state index in [0.29, 0.717) is 42.7 Å². The summed E-state index contributed by atoms with van der Waals surface area (Å²) in [6, 6.07) is 20.1. The number of halogens is 1. The predicted octanol–water partition coefficient (Wildman–Crippen LogP) is 5.48. The molecule has 1 aliphatic rings. The lowest BCUT2D eigenvalue weighted by Crippen LogP contribution is -2.46. The molecule has 35 heavy (non-hydrogen) atoms. The first-order valence-corrected chi connectivity index (χ1v) is 12.1. The average molecular weight is 496 g/mol. The summed E-state index contributed by atoms with van der Waals surface area (Å²) in [5.41, 5.74) is 1.57. The maximum absolute atomic E-state index is 13.6. The highest BCUT2D eigenvalue weighted by molar-refractivity contribution is 6.30. The molecule has 7 nitrogen and oxygen atoms in total. The van der Waals surface area contributed by atoms with Gasteiger partial charge in [0.25, 0.3) is 0 Å². The number of rotatable bonds is 9. The van der Waals surface area contributed by atoms with Gasteiger partial charge in [0.05, 0.1) is 12.6 Å². The number of ether oxygens (including phenoxy) is 1. The lowest BCUT2D eigenvalue weighted by atomic mass is 10.2. The third-order valence-electron chi connectivity index (χ3n) is 5.85. The summed E-state index contributed by atoms with van der Waals surface area (Å²) in [4.78, 5) is 30.0. The summed E-state index contributed by atoms with van der Waals surface area (Å²) in [6.07, 6.45) is 1.71. The summed E-state index contributed by atoms with van der Waals surface area (Å²) in [6.45, 7) is 3.50. The third kappa shape index (κ3) is 7.34. The van der Waals surface area contributed by atoms with Gasteiger partial charge in [0.1, 0.15) is 18.1 Å². The van der Waals surface area contributed by atoms with Gasteiger partial charge < -0.3 is 24.3 Å². The van der Waals surface area contributed by atoms with Gasteiger partial charge in [-0.2, -0.15) is 0 Å². The fourth-order valence-electron chi connectivity index (χ4n) is 4.08. The molecule has 1 aromatic heterocycles. The normalized spacial score (nSPS) is 15.1. The summed E-state index contributed by atoms with van der Waals surface area (Å²) in [7, 11) is 0. The summed E-state index contributed by atoms with van der Waals surface area (Å²) < 4.78 is 11.5. The van der Waals surface area contributed by atoms with E-state index in [0.717, 1.165) is 24.2 Å². The van der Waals surface area contributed by atoms with E-state index in [4.69, 9.17) is 20.8 Å². The van der Waals surface area contributed by atoms with Crippen molar-refractivity contribution >= 4 is 29.2 Å². The first-order chi connectivity index (χ1) is 17.0. The van der Waals surface area contributed by atoms with Crippen LogP contribution in [0.1, 0.15) is 29.9 Å². The van der Waals surface area contributed by atoms with E-state index in [1.54, 1.807) is 29.2 Å². The zero-order chi connectivity index (χ0) is 24.6. The Morgan fingerprint density at radius 3 is 2.54 bits per heavy atom. The van der Waals surface area contributed by atoms with Crippen molar-refractivity contribution in [1.82, 2.24) is 9.80 Å². The molecule has 0 radical (unpaired) electrons. The Balaban J connectivity index is 1.51. The minimum Gasteiger partial charge on any atom is -0.464 e. The van der Waals surface area contributed by atoms with Crippen LogP contribution < -0.4 is 5.32 Å². The van der Waals surface area contributed by atoms with Crippen LogP contribution in [-0.2, 0) is 22.6 Å². The van der Waals surface area contributed by atoms with Gasteiger partial charge in [0.2, 0.25) is 5.91 Å². The Morgan fingerprint density at radius 1 is 1.03 bits per heavy atom. The Kier molecular flexibility index (Phi) is 8.45. The highest BCUT2D eigenvalue weighted by atomic mass is 35.5. The maximum Gasteiger partial charge on any atom is 0.322 e. The Labute approximate surface area is 210 Å². The molecule has 0 saturated carbocycles. The lowest BCUT2D eigenvalue weighted by Gasteiger charge is -2.29. The molecule has 0 aliphatic carbocycles. The molecule has 1 fully saturated rings. The molecule has 1 aliphatic heterocycles. The minimum absolute atomic E-state index is 0.0845. The number of aryl methyl sites for hydroxylation is 1. The Morgan fingerprint density at radius 2 is 1.86 bits per heavy atom. The average Bonchev–Trinajstić information content (AvgIpc) is 3.50. The molecular formula is C27H30ClN3O4. The van der Waals surface area contributed by atoms with Crippen molar-refractivity contribution in [1.29, 1.82) is 0 Å². The second-order valence-electron chi connectivity index (χ2n) is 8.70. The highest BCUT2D eigenvalue weighted by Gasteiger charge is 2.27. The van der Waals surface area contributed by atoms with Crippen molar-refractivity contribution in [3.63, 3.8) is 0 Å². The Hall–Kier alpha value is -3.29. The van der Waals surface area contributed by atoms with Gasteiger partial charge in [-0.15, -0.1) is 0 Å². The van der Waals surface area contributed by atoms with Crippen LogP contribution in [0, 0.1) is 6.92 Å². The van der Waals surface area contributed by atoms with Crippen LogP contribution in [0.4, 0.5) is 10.5 Å². The molecule has 2 aromatic carbocycles. The van der Waals surface area contributed by atoms with Crippen molar-refractivity contribution in [3.8, 4) is 0 Å². The molecule has 1 saturated heterocycles. The topological polar surface area (TPSA) is 75.0 Å². The molecule has 3 aromatic rings. The summed E-state index contributed by atoms with van der Waals surface area (Å²) in [5, 5.41) is 3.38. The van der Waals surface area contributed by atoms with Crippen LogP contribution in [-0.4, -0.2) is 47.5 Å². The van der Waals surface area contributed by atoms with Crippen LogP contribution in [0.2, 0.25) is 5.02 Å². The van der Waals surface area contributed by atoms with E-state index in [2.05, 4.69) is 5.32 Å². The van der Waals surface area contributed by atoms with Crippen molar-refractivity contribution < 1.29 is 18.7 Å². The number of benzene rings is 2. The van der Waals surface area contributed by atoms with Crippen molar-refractivity contribution in [2.24, 2.45) is 0 Å². The summed E-state index contributed by atoms with van der Waals surface area (Å²) >= 11 is 6.07. The monoisotopic (exact) mass is 495 g/mol. The molecule has 2 heterocycles. The third-order valence-corrected chi connectivity index (χ3v) is 6.08. The number of nitrogens with one attached hydrogen (secondary N) is 1. The van der Waals surface area contributed by atoms with E-state index in [1.165, 1.54) is 4.90 Å². The molecule has 0 bridgehead atoms. The maximum atomic E-state index is 13.6. The van der Waals surface area contributed by atoms with Crippen molar-refractivity contribution in [3.05, 3.63) is 88.8 Å². The van der Waals surface area contributed by atoms with E-state index >= 15 is 0 Å². The number of amides is 3. The zero-order valence-corrected chi connectivity index (χ0v) is 20.5. The lowest BCUT2D eigenvalue weighted by molar-refractivity contribution is -0.133. The Bertz CT molecular complexity index is 1130. The van der Waals surface area contributed by atoms with E-state index in [1.807, 2.05) is 49.4 Å².